The zero-order chi connectivity index (χ0) is 16.2. The van der Waals surface area contributed by atoms with Gasteiger partial charge < -0.3 is 0 Å². The van der Waals surface area contributed by atoms with Crippen LogP contribution in [0, 0.1) is 6.07 Å². The normalized spacial score (nSPS) is 10.5. The number of rotatable bonds is 3. The highest BCUT2D eigenvalue weighted by atomic mass is 14.8. The molecule has 4 rings (SSSR count). The van der Waals surface area contributed by atoms with Gasteiger partial charge in [0.05, 0.1) is 5.69 Å². The van der Waals surface area contributed by atoms with Gasteiger partial charge in [-0.3, -0.25) is 0 Å². The number of hydrogen-bond donors (Lipinski definition) is 0. The van der Waals surface area contributed by atoms with Crippen molar-refractivity contribution in [1.82, 2.24) is 19.9 Å². The molecular weight excluding hydrogens is 296 g/mol. The van der Waals surface area contributed by atoms with Gasteiger partial charge in [-0.25, -0.2) is 19.9 Å². The van der Waals surface area contributed by atoms with Crippen LogP contribution >= 0.6 is 0 Å². The van der Waals surface area contributed by atoms with Crippen molar-refractivity contribution in [3.63, 3.8) is 0 Å². The predicted molar refractivity (Wildman–Crippen MR) is 92.8 cm³/mol. The van der Waals surface area contributed by atoms with E-state index in [1.165, 1.54) is 0 Å². The van der Waals surface area contributed by atoms with Crippen molar-refractivity contribution in [1.29, 1.82) is 0 Å². The minimum Gasteiger partial charge on any atom is -0.245 e. The van der Waals surface area contributed by atoms with Crippen LogP contribution in [0.15, 0.2) is 79.5 Å². The summed E-state index contributed by atoms with van der Waals surface area (Å²) < 4.78 is 0. The summed E-state index contributed by atoms with van der Waals surface area (Å²) in [4.78, 5) is 16.8. The van der Waals surface area contributed by atoms with E-state index in [1.807, 2.05) is 36.4 Å². The van der Waals surface area contributed by atoms with E-state index in [1.54, 1.807) is 24.9 Å². The van der Waals surface area contributed by atoms with Crippen LogP contribution in [-0.2, 0) is 0 Å². The minimum atomic E-state index is 0.729. The lowest BCUT2D eigenvalue weighted by atomic mass is 10.0. The Morgan fingerprint density at radius 3 is 2.25 bits per heavy atom. The van der Waals surface area contributed by atoms with E-state index < -0.39 is 0 Å². The van der Waals surface area contributed by atoms with Gasteiger partial charge in [0.2, 0.25) is 0 Å². The van der Waals surface area contributed by atoms with Gasteiger partial charge in [0, 0.05) is 29.7 Å². The molecule has 2 heterocycles. The van der Waals surface area contributed by atoms with Crippen LogP contribution in [0.5, 0.6) is 0 Å². The molecule has 2 aromatic carbocycles. The molecule has 4 heteroatoms. The third-order valence-corrected chi connectivity index (χ3v) is 3.70. The Morgan fingerprint density at radius 2 is 1.50 bits per heavy atom. The molecule has 0 aliphatic rings. The van der Waals surface area contributed by atoms with Crippen LogP contribution in [0.25, 0.3) is 33.8 Å². The molecule has 4 aromatic rings. The molecular formula is C20H13N4. The fraction of sp³-hybridized carbons (Fsp3) is 0. The highest BCUT2D eigenvalue weighted by molar-refractivity contribution is 5.72. The molecule has 2 aromatic heterocycles. The van der Waals surface area contributed by atoms with E-state index in [4.69, 9.17) is 0 Å². The Hall–Kier alpha value is -3.40. The Kier molecular flexibility index (Phi) is 3.78. The minimum absolute atomic E-state index is 0.729. The second-order valence-electron chi connectivity index (χ2n) is 5.24. The number of nitrogens with zero attached hydrogens (tertiary/aromatic N) is 4. The molecule has 24 heavy (non-hydrogen) atoms. The fourth-order valence-electron chi connectivity index (χ4n) is 2.50. The second kappa shape index (κ2) is 6.38. The Labute approximate surface area is 139 Å². The topological polar surface area (TPSA) is 51.6 Å². The van der Waals surface area contributed by atoms with E-state index >= 15 is 0 Å². The van der Waals surface area contributed by atoms with Crippen LogP contribution in [-0.4, -0.2) is 19.9 Å². The summed E-state index contributed by atoms with van der Waals surface area (Å²) in [7, 11) is 0. The maximum absolute atomic E-state index is 4.28. The third kappa shape index (κ3) is 2.90. The zero-order valence-corrected chi connectivity index (χ0v) is 12.8. The van der Waals surface area contributed by atoms with Crippen molar-refractivity contribution in [2.75, 3.05) is 0 Å². The summed E-state index contributed by atoms with van der Waals surface area (Å²) >= 11 is 0. The zero-order valence-electron chi connectivity index (χ0n) is 12.8. The summed E-state index contributed by atoms with van der Waals surface area (Å²) in [6, 6.07) is 21.2. The van der Waals surface area contributed by atoms with Crippen molar-refractivity contribution < 1.29 is 0 Å². The Morgan fingerprint density at radius 1 is 0.708 bits per heavy atom. The summed E-state index contributed by atoms with van der Waals surface area (Å²) in [5.41, 5.74) is 5.05. The average Bonchev–Trinajstić information content (AvgIpc) is 2.70. The molecule has 0 spiro atoms. The van der Waals surface area contributed by atoms with Gasteiger partial charge in [0.1, 0.15) is 6.33 Å². The Balaban J connectivity index is 1.67. The van der Waals surface area contributed by atoms with Crippen molar-refractivity contribution in [3.05, 3.63) is 85.6 Å². The molecule has 0 unspecified atom stereocenters. The second-order valence-corrected chi connectivity index (χ2v) is 5.24. The van der Waals surface area contributed by atoms with Crippen LogP contribution in [0.4, 0.5) is 0 Å². The standard InChI is InChI=1S/C20H13N4/c1-3-17(13-18(4-1)19-9-12-21-14-24-19)15-5-7-16(8-6-15)20-22-10-2-11-23-20/h1-3,5-14H. The first-order chi connectivity index (χ1) is 11.9. The Bertz CT molecular complexity index is 936. The summed E-state index contributed by atoms with van der Waals surface area (Å²) in [5, 5.41) is 0. The van der Waals surface area contributed by atoms with Gasteiger partial charge in [-0.2, -0.15) is 0 Å². The van der Waals surface area contributed by atoms with E-state index in [0.29, 0.717) is 0 Å². The van der Waals surface area contributed by atoms with Gasteiger partial charge in [-0.05, 0) is 35.4 Å². The summed E-state index contributed by atoms with van der Waals surface area (Å²) in [6.07, 6.45) is 6.77. The molecule has 0 saturated carbocycles. The third-order valence-electron chi connectivity index (χ3n) is 3.70. The SMILES string of the molecule is [c]1ccc(-c2ccc(-c3ncccn3)cc2)cc1-c1ccncn1. The highest BCUT2D eigenvalue weighted by Crippen LogP contribution is 2.26. The van der Waals surface area contributed by atoms with Gasteiger partial charge >= 0.3 is 0 Å². The summed E-state index contributed by atoms with van der Waals surface area (Å²) in [5.74, 6) is 0.729. The molecule has 0 N–H and O–H groups in total. The molecule has 1 radical (unpaired) electrons. The highest BCUT2D eigenvalue weighted by Gasteiger charge is 2.04. The van der Waals surface area contributed by atoms with Gasteiger partial charge in [0.25, 0.3) is 0 Å². The number of aromatic nitrogens is 4. The molecule has 0 aliphatic carbocycles. The molecule has 0 aliphatic heterocycles. The lowest BCUT2D eigenvalue weighted by molar-refractivity contribution is 1.17. The maximum Gasteiger partial charge on any atom is 0.159 e. The largest absolute Gasteiger partial charge is 0.245 e. The van der Waals surface area contributed by atoms with Crippen molar-refractivity contribution in [3.8, 4) is 33.8 Å². The van der Waals surface area contributed by atoms with Crippen molar-refractivity contribution in [2.24, 2.45) is 0 Å². The fourth-order valence-corrected chi connectivity index (χ4v) is 2.50. The first-order valence-corrected chi connectivity index (χ1v) is 7.56. The number of hydrogen-bond acceptors (Lipinski definition) is 4. The molecule has 0 atom stereocenters. The maximum atomic E-state index is 4.28. The van der Waals surface area contributed by atoms with Crippen LogP contribution < -0.4 is 0 Å². The van der Waals surface area contributed by atoms with E-state index in [-0.39, 0.29) is 0 Å². The van der Waals surface area contributed by atoms with Crippen LogP contribution in [0.2, 0.25) is 0 Å². The first-order valence-electron chi connectivity index (χ1n) is 7.56. The predicted octanol–water partition coefficient (Wildman–Crippen LogP) is 4.07. The number of benzene rings is 2. The summed E-state index contributed by atoms with van der Waals surface area (Å²) in [6.45, 7) is 0. The van der Waals surface area contributed by atoms with E-state index in [2.05, 4.69) is 44.2 Å². The molecule has 0 saturated heterocycles. The molecule has 4 nitrogen and oxygen atoms in total. The monoisotopic (exact) mass is 309 g/mol. The van der Waals surface area contributed by atoms with Gasteiger partial charge in [-0.15, -0.1) is 0 Å². The van der Waals surface area contributed by atoms with E-state index in [9.17, 15) is 0 Å². The van der Waals surface area contributed by atoms with Crippen molar-refractivity contribution in [2.45, 2.75) is 0 Å². The lowest BCUT2D eigenvalue weighted by Gasteiger charge is -2.06. The van der Waals surface area contributed by atoms with Crippen LogP contribution in [0.3, 0.4) is 0 Å². The van der Waals surface area contributed by atoms with E-state index in [0.717, 1.165) is 33.8 Å². The quantitative estimate of drug-likeness (QED) is 0.572. The molecule has 0 amide bonds. The lowest BCUT2D eigenvalue weighted by Crippen LogP contribution is -1.88. The van der Waals surface area contributed by atoms with Crippen LogP contribution in [0.1, 0.15) is 0 Å². The average molecular weight is 309 g/mol. The van der Waals surface area contributed by atoms with Crippen molar-refractivity contribution >= 4 is 0 Å². The van der Waals surface area contributed by atoms with Gasteiger partial charge in [-0.1, -0.05) is 36.4 Å². The molecule has 113 valence electrons. The smallest absolute Gasteiger partial charge is 0.159 e. The molecule has 0 bridgehead atoms. The van der Waals surface area contributed by atoms with Gasteiger partial charge in [0.15, 0.2) is 5.82 Å². The first kappa shape index (κ1) is 14.2. The molecule has 0 fully saturated rings.